The lowest BCUT2D eigenvalue weighted by Gasteiger charge is -2.11. The molecule has 7 nitrogen and oxygen atoms in total. The summed E-state index contributed by atoms with van der Waals surface area (Å²) in [5.74, 6) is 1.22. The third-order valence-corrected chi connectivity index (χ3v) is 5.14. The van der Waals surface area contributed by atoms with Gasteiger partial charge in [0.25, 0.3) is 5.91 Å². The van der Waals surface area contributed by atoms with Crippen molar-refractivity contribution in [2.45, 2.75) is 13.1 Å². The average molecular weight is 473 g/mol. The minimum absolute atomic E-state index is 0.195. The zero-order valence-electron chi connectivity index (χ0n) is 15.5. The van der Waals surface area contributed by atoms with Gasteiger partial charge in [-0.15, -0.1) is 0 Å². The standard InChI is InChI=1S/C20H17BrN4O3S/c1-27-18-5-4-13(7-14(18)10-24-11-15(21)9-22-24)8-17-19(26)25(20(29)23-17)12-16-3-2-6-28-16/h2-9,11H,10,12H2,1H3,(H,23,29)/b17-8+. The summed E-state index contributed by atoms with van der Waals surface area (Å²) in [6.07, 6.45) is 6.96. The molecule has 3 aromatic rings. The molecule has 0 bridgehead atoms. The number of methoxy groups -OCH3 is 1. The number of hydrogen-bond acceptors (Lipinski definition) is 5. The molecule has 1 amide bonds. The molecule has 3 heterocycles. The molecule has 4 rings (SSSR count). The van der Waals surface area contributed by atoms with Crippen molar-refractivity contribution in [1.29, 1.82) is 0 Å². The maximum atomic E-state index is 12.8. The van der Waals surface area contributed by atoms with Crippen molar-refractivity contribution < 1.29 is 13.9 Å². The summed E-state index contributed by atoms with van der Waals surface area (Å²) in [5, 5.41) is 7.63. The van der Waals surface area contributed by atoms with E-state index in [1.165, 1.54) is 4.90 Å². The van der Waals surface area contributed by atoms with Crippen LogP contribution in [0.1, 0.15) is 16.9 Å². The van der Waals surface area contributed by atoms with Crippen LogP contribution in [-0.2, 0) is 17.9 Å². The molecule has 1 fully saturated rings. The van der Waals surface area contributed by atoms with Crippen LogP contribution < -0.4 is 10.1 Å². The lowest BCUT2D eigenvalue weighted by atomic mass is 10.1. The van der Waals surface area contributed by atoms with Gasteiger partial charge in [-0.2, -0.15) is 5.10 Å². The van der Waals surface area contributed by atoms with Crippen molar-refractivity contribution in [3.05, 3.63) is 76.0 Å². The molecule has 1 aromatic carbocycles. The summed E-state index contributed by atoms with van der Waals surface area (Å²) in [7, 11) is 1.63. The topological polar surface area (TPSA) is 72.5 Å². The predicted octanol–water partition coefficient (Wildman–Crippen LogP) is 3.55. The van der Waals surface area contributed by atoms with Gasteiger partial charge in [-0.1, -0.05) is 6.07 Å². The first kappa shape index (κ1) is 19.4. The van der Waals surface area contributed by atoms with Crippen LogP contribution in [0.4, 0.5) is 0 Å². The van der Waals surface area contributed by atoms with E-state index in [-0.39, 0.29) is 12.5 Å². The van der Waals surface area contributed by atoms with Gasteiger partial charge >= 0.3 is 0 Å². The monoisotopic (exact) mass is 472 g/mol. The Labute approximate surface area is 181 Å². The highest BCUT2D eigenvalue weighted by Gasteiger charge is 2.31. The minimum atomic E-state index is -0.195. The van der Waals surface area contributed by atoms with Gasteiger partial charge in [0, 0.05) is 11.8 Å². The second kappa shape index (κ2) is 8.22. The number of carbonyl (C=O) groups excluding carboxylic acids is 1. The molecular formula is C20H17BrN4O3S. The minimum Gasteiger partial charge on any atom is -0.496 e. The van der Waals surface area contributed by atoms with Gasteiger partial charge in [-0.3, -0.25) is 14.4 Å². The highest BCUT2D eigenvalue weighted by atomic mass is 79.9. The number of ether oxygens (including phenoxy) is 1. The summed E-state index contributed by atoms with van der Waals surface area (Å²) in [6.45, 7) is 0.827. The van der Waals surface area contributed by atoms with E-state index in [1.807, 2.05) is 24.4 Å². The van der Waals surface area contributed by atoms with E-state index in [9.17, 15) is 4.79 Å². The zero-order valence-corrected chi connectivity index (χ0v) is 17.9. The van der Waals surface area contributed by atoms with Crippen molar-refractivity contribution in [3.8, 4) is 5.75 Å². The Balaban J connectivity index is 1.58. The van der Waals surface area contributed by atoms with Gasteiger partial charge in [0.15, 0.2) is 5.11 Å². The Morgan fingerprint density at radius 1 is 1.34 bits per heavy atom. The molecule has 0 spiro atoms. The summed E-state index contributed by atoms with van der Waals surface area (Å²) in [4.78, 5) is 14.2. The fourth-order valence-electron chi connectivity index (χ4n) is 3.05. The number of thiocarbonyl (C=S) groups is 1. The number of amides is 1. The Kier molecular flexibility index (Phi) is 5.50. The largest absolute Gasteiger partial charge is 0.496 e. The fraction of sp³-hybridized carbons (Fsp3) is 0.150. The van der Waals surface area contributed by atoms with Gasteiger partial charge in [0.05, 0.1) is 37.1 Å². The number of rotatable bonds is 6. The lowest BCUT2D eigenvalue weighted by Crippen LogP contribution is -2.29. The molecular weight excluding hydrogens is 456 g/mol. The molecule has 0 unspecified atom stereocenters. The normalized spacial score (nSPS) is 15.2. The molecule has 1 N–H and O–H groups in total. The third-order valence-electron chi connectivity index (χ3n) is 4.41. The maximum absolute atomic E-state index is 12.8. The number of nitrogens with one attached hydrogen (secondary N) is 1. The Morgan fingerprint density at radius 3 is 2.90 bits per heavy atom. The molecule has 0 saturated carbocycles. The lowest BCUT2D eigenvalue weighted by molar-refractivity contribution is -0.122. The van der Waals surface area contributed by atoms with Crippen LogP contribution in [0.5, 0.6) is 5.75 Å². The van der Waals surface area contributed by atoms with Crippen molar-refractivity contribution in [2.75, 3.05) is 7.11 Å². The van der Waals surface area contributed by atoms with Crippen LogP contribution in [-0.4, -0.2) is 32.8 Å². The molecule has 0 aliphatic carbocycles. The average Bonchev–Trinajstić information content (AvgIpc) is 3.41. The Morgan fingerprint density at radius 2 is 2.21 bits per heavy atom. The van der Waals surface area contributed by atoms with Gasteiger partial charge in [0.2, 0.25) is 0 Å². The van der Waals surface area contributed by atoms with E-state index in [0.29, 0.717) is 23.1 Å². The fourth-order valence-corrected chi connectivity index (χ4v) is 3.64. The van der Waals surface area contributed by atoms with Crippen LogP contribution in [0.15, 0.2) is 63.6 Å². The van der Waals surface area contributed by atoms with Crippen molar-refractivity contribution in [2.24, 2.45) is 0 Å². The summed E-state index contributed by atoms with van der Waals surface area (Å²) in [6, 6.07) is 9.32. The molecule has 1 aliphatic rings. The van der Waals surface area contributed by atoms with Crippen LogP contribution in [0.25, 0.3) is 6.08 Å². The highest BCUT2D eigenvalue weighted by molar-refractivity contribution is 9.10. The molecule has 2 aromatic heterocycles. The molecule has 1 saturated heterocycles. The first-order valence-electron chi connectivity index (χ1n) is 8.75. The van der Waals surface area contributed by atoms with Crippen LogP contribution in [0, 0.1) is 0 Å². The van der Waals surface area contributed by atoms with E-state index in [1.54, 1.807) is 42.5 Å². The number of hydrogen-bond donors (Lipinski definition) is 1. The highest BCUT2D eigenvalue weighted by Crippen LogP contribution is 2.24. The number of nitrogens with zero attached hydrogens (tertiary/aromatic N) is 3. The summed E-state index contributed by atoms with van der Waals surface area (Å²) in [5.41, 5.74) is 2.21. The molecule has 1 aliphatic heterocycles. The van der Waals surface area contributed by atoms with Crippen LogP contribution in [0.3, 0.4) is 0 Å². The van der Waals surface area contributed by atoms with E-state index in [0.717, 1.165) is 21.3 Å². The van der Waals surface area contributed by atoms with E-state index < -0.39 is 0 Å². The molecule has 0 atom stereocenters. The third kappa shape index (κ3) is 4.25. The van der Waals surface area contributed by atoms with Crippen LogP contribution in [0.2, 0.25) is 0 Å². The summed E-state index contributed by atoms with van der Waals surface area (Å²) >= 11 is 8.71. The van der Waals surface area contributed by atoms with Crippen molar-refractivity contribution >= 4 is 45.2 Å². The van der Waals surface area contributed by atoms with Crippen molar-refractivity contribution in [3.63, 3.8) is 0 Å². The number of furan rings is 1. The second-order valence-corrected chi connectivity index (χ2v) is 7.69. The van der Waals surface area contributed by atoms with Gasteiger partial charge in [-0.05, 0) is 64.1 Å². The maximum Gasteiger partial charge on any atom is 0.276 e. The first-order chi connectivity index (χ1) is 14.0. The first-order valence-corrected chi connectivity index (χ1v) is 9.95. The Hall–Kier alpha value is -2.91. The number of benzene rings is 1. The van der Waals surface area contributed by atoms with E-state index in [2.05, 4.69) is 26.3 Å². The SMILES string of the molecule is COc1ccc(/C=C2/NC(=S)N(Cc3ccco3)C2=O)cc1Cn1cc(Br)cn1. The van der Waals surface area contributed by atoms with Crippen molar-refractivity contribution in [1.82, 2.24) is 20.0 Å². The predicted molar refractivity (Wildman–Crippen MR) is 115 cm³/mol. The second-order valence-electron chi connectivity index (χ2n) is 6.39. The van der Waals surface area contributed by atoms with Gasteiger partial charge in [0.1, 0.15) is 17.2 Å². The summed E-state index contributed by atoms with van der Waals surface area (Å²) < 4.78 is 13.5. The number of carbonyl (C=O) groups is 1. The molecule has 0 radical (unpaired) electrons. The van der Waals surface area contributed by atoms with E-state index >= 15 is 0 Å². The zero-order chi connectivity index (χ0) is 20.4. The molecule has 29 heavy (non-hydrogen) atoms. The van der Waals surface area contributed by atoms with Gasteiger partial charge < -0.3 is 14.5 Å². The Bertz CT molecular complexity index is 1090. The molecule has 148 valence electrons. The molecule has 9 heteroatoms. The quantitative estimate of drug-likeness (QED) is 0.436. The smallest absolute Gasteiger partial charge is 0.276 e. The number of halogens is 1. The van der Waals surface area contributed by atoms with E-state index in [4.69, 9.17) is 21.4 Å². The van der Waals surface area contributed by atoms with Gasteiger partial charge in [-0.25, -0.2) is 0 Å². The van der Waals surface area contributed by atoms with Crippen LogP contribution >= 0.6 is 28.1 Å². The number of aromatic nitrogens is 2.